The molecule has 0 spiro atoms. The molecule has 0 bridgehead atoms. The summed E-state index contributed by atoms with van der Waals surface area (Å²) in [5.41, 5.74) is 0.961. The second-order valence-corrected chi connectivity index (χ2v) is 8.87. The lowest BCUT2D eigenvalue weighted by Gasteiger charge is -2.10. The lowest BCUT2D eigenvalue weighted by molar-refractivity contribution is 0.0743. The molecule has 10 heteroatoms. The van der Waals surface area contributed by atoms with Crippen LogP contribution in [0.5, 0.6) is 0 Å². The summed E-state index contributed by atoms with van der Waals surface area (Å²) in [6.07, 6.45) is 1.93. The Balaban J connectivity index is 1.53. The highest BCUT2D eigenvalue weighted by Crippen LogP contribution is 2.28. The van der Waals surface area contributed by atoms with Crippen molar-refractivity contribution in [2.75, 3.05) is 17.8 Å². The summed E-state index contributed by atoms with van der Waals surface area (Å²) >= 11 is 1.05. The molecule has 1 aliphatic rings. The molecule has 1 aromatic carbocycles. The molecular weight excluding hydrogens is 388 g/mol. The molecule has 1 N–H and O–H groups in total. The number of amides is 1. The van der Waals surface area contributed by atoms with Crippen molar-refractivity contribution in [3.8, 4) is 11.4 Å². The molecule has 2 aromatic heterocycles. The zero-order valence-corrected chi connectivity index (χ0v) is 15.8. The van der Waals surface area contributed by atoms with Crippen LogP contribution in [-0.4, -0.2) is 42.5 Å². The van der Waals surface area contributed by atoms with Crippen molar-refractivity contribution in [2.45, 2.75) is 17.1 Å². The smallest absolute Gasteiger partial charge is 0.316 e. The Morgan fingerprint density at radius 3 is 2.67 bits per heavy atom. The van der Waals surface area contributed by atoms with Gasteiger partial charge in [0.15, 0.2) is 0 Å². The number of carbonyl (C=O) groups is 1. The summed E-state index contributed by atoms with van der Waals surface area (Å²) in [6.45, 7) is 1.37. The first-order valence-electron chi connectivity index (χ1n) is 8.33. The van der Waals surface area contributed by atoms with E-state index in [4.69, 9.17) is 4.52 Å². The lowest BCUT2D eigenvalue weighted by atomic mass is 10.3. The van der Waals surface area contributed by atoms with Crippen LogP contribution in [0.3, 0.4) is 0 Å². The third-order valence-electron chi connectivity index (χ3n) is 4.13. The summed E-state index contributed by atoms with van der Waals surface area (Å²) in [6, 6.07) is 10.1. The topological polar surface area (TPSA) is 105 Å². The third kappa shape index (κ3) is 3.71. The molecule has 8 nitrogen and oxygen atoms in total. The summed E-state index contributed by atoms with van der Waals surface area (Å²) in [5, 5.41) is 5.44. The average Bonchev–Trinajstić information content (AvgIpc) is 3.42. The first-order valence-corrected chi connectivity index (χ1v) is 10.7. The van der Waals surface area contributed by atoms with Gasteiger partial charge in [0.25, 0.3) is 10.0 Å². The van der Waals surface area contributed by atoms with Crippen molar-refractivity contribution in [3.05, 3.63) is 47.7 Å². The highest BCUT2D eigenvalue weighted by atomic mass is 32.2. The zero-order valence-electron chi connectivity index (χ0n) is 14.2. The SMILES string of the molecule is O=C(c1nc(-c2csc(S(=O)(=O)Nc3ccccc3)c2)no1)N1CCCC1. The van der Waals surface area contributed by atoms with Gasteiger partial charge in [0.2, 0.25) is 5.82 Å². The average molecular weight is 404 g/mol. The maximum Gasteiger partial charge on any atom is 0.316 e. The molecule has 0 radical (unpaired) electrons. The van der Waals surface area contributed by atoms with E-state index < -0.39 is 10.0 Å². The highest BCUT2D eigenvalue weighted by Gasteiger charge is 2.26. The molecule has 3 heterocycles. The number of nitrogens with zero attached hydrogens (tertiary/aromatic N) is 3. The Labute approximate surface area is 159 Å². The van der Waals surface area contributed by atoms with Gasteiger partial charge in [-0.3, -0.25) is 9.52 Å². The number of hydrogen-bond donors (Lipinski definition) is 1. The fourth-order valence-electron chi connectivity index (χ4n) is 2.77. The predicted octanol–water partition coefficient (Wildman–Crippen LogP) is 2.83. The van der Waals surface area contributed by atoms with E-state index in [-0.39, 0.29) is 21.8 Å². The van der Waals surface area contributed by atoms with Crippen molar-refractivity contribution in [3.63, 3.8) is 0 Å². The van der Waals surface area contributed by atoms with Gasteiger partial charge in [-0.1, -0.05) is 23.4 Å². The molecule has 0 atom stereocenters. The number of anilines is 1. The van der Waals surface area contributed by atoms with Crippen LogP contribution in [-0.2, 0) is 10.0 Å². The van der Waals surface area contributed by atoms with E-state index in [1.165, 1.54) is 6.07 Å². The van der Waals surface area contributed by atoms with Crippen LogP contribution in [0.4, 0.5) is 5.69 Å². The predicted molar refractivity (Wildman–Crippen MR) is 100.0 cm³/mol. The Bertz CT molecular complexity index is 1050. The first-order chi connectivity index (χ1) is 13.0. The Morgan fingerprint density at radius 2 is 1.93 bits per heavy atom. The molecule has 3 aromatic rings. The minimum atomic E-state index is -3.72. The number of likely N-dealkylation sites (tertiary alicyclic amines) is 1. The summed E-state index contributed by atoms with van der Waals surface area (Å²) in [7, 11) is -3.72. The van der Waals surface area contributed by atoms with Crippen LogP contribution in [0.2, 0.25) is 0 Å². The van der Waals surface area contributed by atoms with Crippen LogP contribution in [0.15, 0.2) is 50.5 Å². The van der Waals surface area contributed by atoms with Crippen molar-refractivity contribution < 1.29 is 17.7 Å². The van der Waals surface area contributed by atoms with E-state index >= 15 is 0 Å². The Morgan fingerprint density at radius 1 is 1.19 bits per heavy atom. The van der Waals surface area contributed by atoms with E-state index in [9.17, 15) is 13.2 Å². The molecule has 0 aliphatic carbocycles. The van der Waals surface area contributed by atoms with E-state index in [0.29, 0.717) is 24.3 Å². The van der Waals surface area contributed by atoms with Crippen molar-refractivity contribution in [1.82, 2.24) is 15.0 Å². The zero-order chi connectivity index (χ0) is 18.9. The highest BCUT2D eigenvalue weighted by molar-refractivity contribution is 7.94. The molecule has 1 saturated heterocycles. The molecular formula is C17H16N4O4S2. The molecule has 0 saturated carbocycles. The van der Waals surface area contributed by atoms with Crippen molar-refractivity contribution in [1.29, 1.82) is 0 Å². The summed E-state index contributed by atoms with van der Waals surface area (Å²) in [4.78, 5) is 18.1. The second kappa shape index (κ2) is 7.12. The van der Waals surface area contributed by atoms with Gasteiger partial charge in [0.05, 0.1) is 0 Å². The van der Waals surface area contributed by atoms with Gasteiger partial charge < -0.3 is 9.42 Å². The minimum absolute atomic E-state index is 0.0788. The van der Waals surface area contributed by atoms with Crippen LogP contribution < -0.4 is 4.72 Å². The largest absolute Gasteiger partial charge is 0.334 e. The summed E-state index contributed by atoms with van der Waals surface area (Å²) in [5.74, 6) is -0.181. The maximum atomic E-state index is 12.5. The molecule has 27 heavy (non-hydrogen) atoms. The quantitative estimate of drug-likeness (QED) is 0.701. The van der Waals surface area contributed by atoms with Gasteiger partial charge in [0, 0.05) is 29.7 Å². The van der Waals surface area contributed by atoms with Crippen LogP contribution in [0.25, 0.3) is 11.4 Å². The first kappa shape index (κ1) is 17.7. The van der Waals surface area contributed by atoms with E-state index in [1.54, 1.807) is 40.6 Å². The van der Waals surface area contributed by atoms with Gasteiger partial charge in [-0.15, -0.1) is 11.3 Å². The number of hydrogen-bond acceptors (Lipinski definition) is 7. The van der Waals surface area contributed by atoms with Crippen LogP contribution in [0, 0.1) is 0 Å². The third-order valence-corrected chi connectivity index (χ3v) is 6.95. The summed E-state index contributed by atoms with van der Waals surface area (Å²) < 4.78 is 32.7. The van der Waals surface area contributed by atoms with Crippen molar-refractivity contribution >= 4 is 33.0 Å². The number of aromatic nitrogens is 2. The molecule has 140 valence electrons. The fraction of sp³-hybridized carbons (Fsp3) is 0.235. The maximum absolute atomic E-state index is 12.5. The van der Waals surface area contributed by atoms with Gasteiger partial charge in [-0.05, 0) is 31.0 Å². The number of nitrogens with one attached hydrogen (secondary N) is 1. The van der Waals surface area contributed by atoms with Crippen LogP contribution in [0.1, 0.15) is 23.5 Å². The lowest BCUT2D eigenvalue weighted by Crippen LogP contribution is -2.27. The van der Waals surface area contributed by atoms with Gasteiger partial charge in [-0.2, -0.15) is 4.98 Å². The number of thiophene rings is 1. The number of sulfonamides is 1. The number of para-hydroxylation sites is 1. The molecule has 1 amide bonds. The Kier molecular flexibility index (Phi) is 4.66. The fourth-order valence-corrected chi connectivity index (χ4v) is 4.99. The van der Waals surface area contributed by atoms with E-state index in [1.807, 2.05) is 0 Å². The standard InChI is InChI=1S/C17H16N4O4S2/c22-17(21-8-4-5-9-21)16-18-15(19-25-16)12-10-14(26-11-12)27(23,24)20-13-6-2-1-3-7-13/h1-3,6-7,10-11,20H,4-5,8-9H2. The number of benzene rings is 1. The minimum Gasteiger partial charge on any atom is -0.334 e. The van der Waals surface area contributed by atoms with E-state index in [0.717, 1.165) is 24.2 Å². The number of carbonyl (C=O) groups excluding carboxylic acids is 1. The van der Waals surface area contributed by atoms with E-state index in [2.05, 4.69) is 14.9 Å². The second-order valence-electron chi connectivity index (χ2n) is 6.05. The number of rotatable bonds is 5. The van der Waals surface area contributed by atoms with Gasteiger partial charge in [-0.25, -0.2) is 8.42 Å². The normalized spacial score (nSPS) is 14.4. The molecule has 4 rings (SSSR count). The van der Waals surface area contributed by atoms with Crippen molar-refractivity contribution in [2.24, 2.45) is 0 Å². The van der Waals surface area contributed by atoms with Crippen LogP contribution >= 0.6 is 11.3 Å². The Hall–Kier alpha value is -2.72. The van der Waals surface area contributed by atoms with Gasteiger partial charge in [0.1, 0.15) is 4.21 Å². The van der Waals surface area contributed by atoms with Gasteiger partial charge >= 0.3 is 11.8 Å². The molecule has 1 fully saturated rings. The monoisotopic (exact) mass is 404 g/mol. The molecule has 1 aliphatic heterocycles. The molecule has 0 unspecified atom stereocenters.